The third kappa shape index (κ3) is 3.21. The van der Waals surface area contributed by atoms with E-state index in [4.69, 9.17) is 4.74 Å². The molecule has 21 heavy (non-hydrogen) atoms. The second kappa shape index (κ2) is 5.80. The summed E-state index contributed by atoms with van der Waals surface area (Å²) in [7, 11) is 0. The van der Waals surface area contributed by atoms with E-state index in [1.807, 2.05) is 0 Å². The number of benzene rings is 2. The van der Waals surface area contributed by atoms with Gasteiger partial charge in [-0.05, 0) is 48.1 Å². The van der Waals surface area contributed by atoms with Gasteiger partial charge in [-0.25, -0.2) is 0 Å². The van der Waals surface area contributed by atoms with Gasteiger partial charge in [-0.1, -0.05) is 44.2 Å². The van der Waals surface area contributed by atoms with Crippen LogP contribution in [0.15, 0.2) is 42.5 Å². The van der Waals surface area contributed by atoms with Gasteiger partial charge in [0.1, 0.15) is 11.9 Å². The van der Waals surface area contributed by atoms with Gasteiger partial charge >= 0.3 is 0 Å². The van der Waals surface area contributed by atoms with Crippen LogP contribution in [0.5, 0.6) is 5.75 Å². The lowest BCUT2D eigenvalue weighted by molar-refractivity contribution is 0.210. The Kier molecular flexibility index (Phi) is 3.87. The van der Waals surface area contributed by atoms with Gasteiger partial charge in [-0.15, -0.1) is 0 Å². The fourth-order valence-corrected chi connectivity index (χ4v) is 2.81. The Labute approximate surface area is 127 Å². The molecule has 0 spiro atoms. The van der Waals surface area contributed by atoms with Gasteiger partial charge in [0.05, 0.1) is 12.2 Å². The normalized spacial score (nSPS) is 17.0. The van der Waals surface area contributed by atoms with E-state index in [9.17, 15) is 0 Å². The zero-order chi connectivity index (χ0) is 14.8. The molecule has 1 aliphatic rings. The topological polar surface area (TPSA) is 21.3 Å². The Morgan fingerprint density at radius 2 is 1.90 bits per heavy atom. The number of hydrogen-bond donors (Lipinski definition) is 1. The van der Waals surface area contributed by atoms with E-state index in [-0.39, 0.29) is 6.10 Å². The maximum atomic E-state index is 6.13. The highest BCUT2D eigenvalue weighted by Gasteiger charge is 2.20. The van der Waals surface area contributed by atoms with Crippen molar-refractivity contribution in [1.82, 2.24) is 0 Å². The van der Waals surface area contributed by atoms with Crippen LogP contribution in [0.3, 0.4) is 0 Å². The second-order valence-corrected chi connectivity index (χ2v) is 6.33. The van der Waals surface area contributed by atoms with Crippen LogP contribution in [0.25, 0.3) is 0 Å². The lowest BCUT2D eigenvalue weighted by Gasteiger charge is -2.28. The van der Waals surface area contributed by atoms with Crippen LogP contribution in [0.1, 0.15) is 36.6 Å². The Morgan fingerprint density at radius 1 is 1.14 bits per heavy atom. The SMILES string of the molecule is Cc1ccc2c(c1)NCC(c1ccc(CC(C)C)cc1)O2. The number of aryl methyl sites for hydroxylation is 1. The lowest BCUT2D eigenvalue weighted by Crippen LogP contribution is -2.23. The molecule has 3 rings (SSSR count). The third-order valence-corrected chi connectivity index (χ3v) is 3.88. The van der Waals surface area contributed by atoms with E-state index in [2.05, 4.69) is 68.6 Å². The summed E-state index contributed by atoms with van der Waals surface area (Å²) < 4.78 is 6.13. The Bertz CT molecular complexity index is 616. The molecule has 1 unspecified atom stereocenters. The van der Waals surface area contributed by atoms with Crippen LogP contribution in [-0.2, 0) is 6.42 Å². The van der Waals surface area contributed by atoms with Crippen LogP contribution in [0, 0.1) is 12.8 Å². The Hall–Kier alpha value is -1.96. The van der Waals surface area contributed by atoms with Gasteiger partial charge in [0, 0.05) is 0 Å². The van der Waals surface area contributed by atoms with Crippen molar-refractivity contribution in [1.29, 1.82) is 0 Å². The maximum Gasteiger partial charge on any atom is 0.143 e. The van der Waals surface area contributed by atoms with Crippen molar-refractivity contribution in [2.45, 2.75) is 33.3 Å². The standard InChI is InChI=1S/C19H23NO/c1-13(2)10-15-5-7-16(8-6-15)19-12-20-17-11-14(3)4-9-18(17)21-19/h4-9,11,13,19-20H,10,12H2,1-3H3. The molecule has 2 nitrogen and oxygen atoms in total. The molecule has 0 radical (unpaired) electrons. The number of anilines is 1. The first-order valence-electron chi connectivity index (χ1n) is 7.72. The van der Waals surface area contributed by atoms with Gasteiger partial charge < -0.3 is 10.1 Å². The van der Waals surface area contributed by atoms with Crippen LogP contribution >= 0.6 is 0 Å². The average molecular weight is 281 g/mol. The molecule has 0 bridgehead atoms. The van der Waals surface area contributed by atoms with Crippen molar-refractivity contribution in [3.8, 4) is 5.75 Å². The summed E-state index contributed by atoms with van der Waals surface area (Å²) in [5.41, 5.74) is 4.98. The monoisotopic (exact) mass is 281 g/mol. The number of hydrogen-bond acceptors (Lipinski definition) is 2. The van der Waals surface area contributed by atoms with Crippen molar-refractivity contribution in [3.05, 3.63) is 59.2 Å². The molecular formula is C19H23NO. The second-order valence-electron chi connectivity index (χ2n) is 6.33. The third-order valence-electron chi connectivity index (χ3n) is 3.88. The molecule has 0 saturated carbocycles. The Morgan fingerprint density at radius 3 is 2.62 bits per heavy atom. The molecule has 2 heteroatoms. The van der Waals surface area contributed by atoms with Crippen molar-refractivity contribution >= 4 is 5.69 Å². The van der Waals surface area contributed by atoms with Gasteiger partial charge in [0.2, 0.25) is 0 Å². The molecule has 0 aromatic heterocycles. The highest BCUT2D eigenvalue weighted by Crippen LogP contribution is 2.34. The quantitative estimate of drug-likeness (QED) is 0.877. The predicted molar refractivity (Wildman–Crippen MR) is 88.0 cm³/mol. The van der Waals surface area contributed by atoms with Crippen molar-refractivity contribution in [3.63, 3.8) is 0 Å². The van der Waals surface area contributed by atoms with Crippen molar-refractivity contribution < 1.29 is 4.74 Å². The minimum atomic E-state index is 0.0910. The Balaban J connectivity index is 1.75. The molecule has 110 valence electrons. The summed E-state index contributed by atoms with van der Waals surface area (Å²) in [6, 6.07) is 15.1. The first kappa shape index (κ1) is 14.0. The molecule has 0 amide bonds. The summed E-state index contributed by atoms with van der Waals surface area (Å²) in [6.07, 6.45) is 1.22. The summed E-state index contributed by atoms with van der Waals surface area (Å²) in [5.74, 6) is 1.64. The fourth-order valence-electron chi connectivity index (χ4n) is 2.81. The van der Waals surface area contributed by atoms with Crippen LogP contribution in [0.2, 0.25) is 0 Å². The van der Waals surface area contributed by atoms with Crippen molar-refractivity contribution in [2.24, 2.45) is 5.92 Å². The molecule has 0 fully saturated rings. The molecule has 1 heterocycles. The van der Waals surface area contributed by atoms with Crippen LogP contribution in [-0.4, -0.2) is 6.54 Å². The summed E-state index contributed by atoms with van der Waals surface area (Å²) in [6.45, 7) is 7.42. The molecule has 2 aromatic carbocycles. The van der Waals surface area contributed by atoms with Gasteiger partial charge in [0.25, 0.3) is 0 Å². The zero-order valence-corrected chi connectivity index (χ0v) is 13.0. The van der Waals surface area contributed by atoms with E-state index in [1.165, 1.54) is 16.7 Å². The van der Waals surface area contributed by atoms with Crippen LogP contribution in [0.4, 0.5) is 5.69 Å². The van der Waals surface area contributed by atoms with Gasteiger partial charge in [-0.3, -0.25) is 0 Å². The van der Waals surface area contributed by atoms with Gasteiger partial charge in [0.15, 0.2) is 0 Å². The minimum absolute atomic E-state index is 0.0910. The fraction of sp³-hybridized carbons (Fsp3) is 0.368. The van der Waals surface area contributed by atoms with E-state index < -0.39 is 0 Å². The average Bonchev–Trinajstić information content (AvgIpc) is 2.47. The number of rotatable bonds is 3. The number of fused-ring (bicyclic) bond motifs is 1. The molecule has 2 aromatic rings. The lowest BCUT2D eigenvalue weighted by atomic mass is 9.99. The van der Waals surface area contributed by atoms with E-state index in [0.29, 0.717) is 5.92 Å². The highest BCUT2D eigenvalue weighted by molar-refractivity contribution is 5.59. The zero-order valence-electron chi connectivity index (χ0n) is 13.0. The van der Waals surface area contributed by atoms with Gasteiger partial charge in [-0.2, -0.15) is 0 Å². The number of ether oxygens (including phenoxy) is 1. The molecular weight excluding hydrogens is 258 g/mol. The molecule has 1 atom stereocenters. The summed E-state index contributed by atoms with van der Waals surface area (Å²) >= 11 is 0. The smallest absolute Gasteiger partial charge is 0.143 e. The molecule has 1 aliphatic heterocycles. The van der Waals surface area contributed by atoms with E-state index in [1.54, 1.807) is 0 Å². The largest absolute Gasteiger partial charge is 0.482 e. The molecule has 1 N–H and O–H groups in total. The summed E-state index contributed by atoms with van der Waals surface area (Å²) in [4.78, 5) is 0. The van der Waals surface area contributed by atoms with E-state index in [0.717, 1.165) is 24.4 Å². The maximum absolute atomic E-state index is 6.13. The van der Waals surface area contributed by atoms with Crippen molar-refractivity contribution in [2.75, 3.05) is 11.9 Å². The summed E-state index contributed by atoms with van der Waals surface area (Å²) in [5, 5.41) is 3.47. The first-order chi connectivity index (χ1) is 10.1. The molecule has 0 aliphatic carbocycles. The molecule has 0 saturated heterocycles. The first-order valence-corrected chi connectivity index (χ1v) is 7.72. The minimum Gasteiger partial charge on any atom is -0.482 e. The highest BCUT2D eigenvalue weighted by atomic mass is 16.5. The van der Waals surface area contributed by atoms with Crippen LogP contribution < -0.4 is 10.1 Å². The predicted octanol–water partition coefficient (Wildman–Crippen LogP) is 4.74. The number of nitrogens with one attached hydrogen (secondary N) is 1. The van der Waals surface area contributed by atoms with E-state index >= 15 is 0 Å².